The fraction of sp³-hybridized carbons (Fsp3) is 0.353. The number of amides is 1. The minimum Gasteiger partial charge on any atom is -0.341 e. The summed E-state index contributed by atoms with van der Waals surface area (Å²) in [5.74, 6) is -0.194. The fourth-order valence-electron chi connectivity index (χ4n) is 2.71. The van der Waals surface area contributed by atoms with Crippen LogP contribution in [0.5, 0.6) is 0 Å². The zero-order chi connectivity index (χ0) is 18.9. The SMILES string of the molecule is Cc1cc(C(=O)Nc2cc(C(F)(F)F)ccc2Cl)nc(N2CCCC2)n1. The van der Waals surface area contributed by atoms with Crippen molar-refractivity contribution in [3.8, 4) is 0 Å². The van der Waals surface area contributed by atoms with Crippen LogP contribution >= 0.6 is 11.6 Å². The van der Waals surface area contributed by atoms with E-state index in [1.165, 1.54) is 6.07 Å². The molecule has 0 radical (unpaired) electrons. The molecule has 5 nitrogen and oxygen atoms in total. The van der Waals surface area contributed by atoms with Crippen LogP contribution < -0.4 is 10.2 Å². The zero-order valence-electron chi connectivity index (χ0n) is 13.9. The van der Waals surface area contributed by atoms with Crippen molar-refractivity contribution in [1.29, 1.82) is 0 Å². The second-order valence-electron chi connectivity index (χ2n) is 6.04. The van der Waals surface area contributed by atoms with E-state index in [1.54, 1.807) is 6.92 Å². The highest BCUT2D eigenvalue weighted by Gasteiger charge is 2.31. The van der Waals surface area contributed by atoms with Crippen molar-refractivity contribution in [1.82, 2.24) is 9.97 Å². The van der Waals surface area contributed by atoms with Crippen LogP contribution in [0.3, 0.4) is 0 Å². The van der Waals surface area contributed by atoms with E-state index in [9.17, 15) is 18.0 Å². The molecule has 9 heteroatoms. The molecule has 0 bridgehead atoms. The van der Waals surface area contributed by atoms with E-state index in [-0.39, 0.29) is 16.4 Å². The van der Waals surface area contributed by atoms with Gasteiger partial charge in [0.05, 0.1) is 16.3 Å². The molecule has 0 spiro atoms. The molecule has 1 aromatic heterocycles. The first kappa shape index (κ1) is 18.4. The number of hydrogen-bond donors (Lipinski definition) is 1. The molecule has 138 valence electrons. The number of carbonyl (C=O) groups excluding carboxylic acids is 1. The number of carbonyl (C=O) groups is 1. The molecule has 1 fully saturated rings. The molecule has 0 atom stereocenters. The Hall–Kier alpha value is -2.35. The third-order valence-electron chi connectivity index (χ3n) is 4.01. The summed E-state index contributed by atoms with van der Waals surface area (Å²) in [4.78, 5) is 23.0. The molecule has 1 aromatic carbocycles. The summed E-state index contributed by atoms with van der Waals surface area (Å²) in [5, 5.41) is 2.42. The van der Waals surface area contributed by atoms with Gasteiger partial charge in [0, 0.05) is 18.8 Å². The van der Waals surface area contributed by atoms with Gasteiger partial charge in [-0.25, -0.2) is 9.97 Å². The zero-order valence-corrected chi connectivity index (χ0v) is 14.7. The summed E-state index contributed by atoms with van der Waals surface area (Å²) in [6.07, 6.45) is -2.48. The molecule has 2 aromatic rings. The summed E-state index contributed by atoms with van der Waals surface area (Å²) in [6.45, 7) is 3.35. The number of nitrogens with one attached hydrogen (secondary N) is 1. The van der Waals surface area contributed by atoms with Gasteiger partial charge in [0.25, 0.3) is 5.91 Å². The van der Waals surface area contributed by atoms with Crippen LogP contribution in [0.2, 0.25) is 5.02 Å². The molecule has 3 rings (SSSR count). The van der Waals surface area contributed by atoms with Crippen LogP contribution in [-0.2, 0) is 6.18 Å². The number of anilines is 2. The van der Waals surface area contributed by atoms with Crippen molar-refractivity contribution in [2.45, 2.75) is 25.9 Å². The Balaban J connectivity index is 1.86. The van der Waals surface area contributed by atoms with Crippen molar-refractivity contribution < 1.29 is 18.0 Å². The lowest BCUT2D eigenvalue weighted by atomic mass is 10.2. The monoisotopic (exact) mass is 384 g/mol. The van der Waals surface area contributed by atoms with Crippen molar-refractivity contribution in [3.05, 3.63) is 46.2 Å². The highest BCUT2D eigenvalue weighted by molar-refractivity contribution is 6.33. The van der Waals surface area contributed by atoms with Crippen LogP contribution in [0.15, 0.2) is 24.3 Å². The largest absolute Gasteiger partial charge is 0.416 e. The number of aromatic nitrogens is 2. The maximum Gasteiger partial charge on any atom is 0.416 e. The normalized spacial score (nSPS) is 14.6. The predicted molar refractivity (Wildman–Crippen MR) is 92.6 cm³/mol. The summed E-state index contributed by atoms with van der Waals surface area (Å²) >= 11 is 5.92. The molecule has 1 amide bonds. The first-order valence-electron chi connectivity index (χ1n) is 8.03. The van der Waals surface area contributed by atoms with Gasteiger partial charge in [0.15, 0.2) is 0 Å². The Labute approximate surface area is 153 Å². The van der Waals surface area contributed by atoms with E-state index in [4.69, 9.17) is 11.6 Å². The van der Waals surface area contributed by atoms with Crippen molar-refractivity contribution >= 4 is 29.1 Å². The number of hydrogen-bond acceptors (Lipinski definition) is 4. The Morgan fingerprint density at radius 1 is 1.19 bits per heavy atom. The lowest BCUT2D eigenvalue weighted by Crippen LogP contribution is -2.23. The van der Waals surface area contributed by atoms with E-state index < -0.39 is 17.6 Å². The maximum atomic E-state index is 12.9. The van der Waals surface area contributed by atoms with Crippen molar-refractivity contribution in [2.24, 2.45) is 0 Å². The molecule has 0 aliphatic carbocycles. The Kier molecular flexibility index (Phi) is 5.04. The first-order valence-corrected chi connectivity index (χ1v) is 8.40. The smallest absolute Gasteiger partial charge is 0.341 e. The molecule has 1 aliphatic rings. The Morgan fingerprint density at radius 2 is 1.88 bits per heavy atom. The minimum absolute atomic E-state index is 0.0110. The van der Waals surface area contributed by atoms with Crippen LogP contribution in [-0.4, -0.2) is 29.0 Å². The van der Waals surface area contributed by atoms with Gasteiger partial charge in [-0.3, -0.25) is 4.79 Å². The van der Waals surface area contributed by atoms with Crippen LogP contribution in [0, 0.1) is 6.92 Å². The van der Waals surface area contributed by atoms with E-state index in [0.29, 0.717) is 11.6 Å². The van der Waals surface area contributed by atoms with Gasteiger partial charge >= 0.3 is 6.18 Å². The lowest BCUT2D eigenvalue weighted by Gasteiger charge is -2.16. The van der Waals surface area contributed by atoms with Crippen molar-refractivity contribution in [3.63, 3.8) is 0 Å². The maximum absolute atomic E-state index is 12.9. The van der Waals surface area contributed by atoms with Gasteiger partial charge in [-0.1, -0.05) is 11.6 Å². The second kappa shape index (κ2) is 7.11. The number of benzene rings is 1. The highest BCUT2D eigenvalue weighted by Crippen LogP contribution is 2.34. The van der Waals surface area contributed by atoms with Gasteiger partial charge in [-0.2, -0.15) is 13.2 Å². The molecule has 1 saturated heterocycles. The average molecular weight is 385 g/mol. The molecule has 2 heterocycles. The fourth-order valence-corrected chi connectivity index (χ4v) is 2.88. The summed E-state index contributed by atoms with van der Waals surface area (Å²) in [7, 11) is 0. The van der Waals surface area contributed by atoms with Gasteiger partial charge in [0.1, 0.15) is 5.69 Å². The number of halogens is 4. The Bertz CT molecular complexity index is 835. The van der Waals surface area contributed by atoms with Gasteiger partial charge < -0.3 is 10.2 Å². The lowest BCUT2D eigenvalue weighted by molar-refractivity contribution is -0.137. The third-order valence-corrected chi connectivity index (χ3v) is 4.34. The molecule has 0 unspecified atom stereocenters. The molecule has 1 aliphatic heterocycles. The summed E-state index contributed by atoms with van der Waals surface area (Å²) in [5.41, 5.74) is -0.339. The first-order chi connectivity index (χ1) is 12.2. The second-order valence-corrected chi connectivity index (χ2v) is 6.44. The van der Waals surface area contributed by atoms with E-state index >= 15 is 0 Å². The summed E-state index contributed by atoms with van der Waals surface area (Å²) < 4.78 is 38.6. The highest BCUT2D eigenvalue weighted by atomic mass is 35.5. The molecular weight excluding hydrogens is 369 g/mol. The molecular formula is C17H16ClF3N4O. The van der Waals surface area contributed by atoms with Gasteiger partial charge in [-0.05, 0) is 44.0 Å². The van der Waals surface area contributed by atoms with Gasteiger partial charge in [0.2, 0.25) is 5.95 Å². The van der Waals surface area contributed by atoms with Gasteiger partial charge in [-0.15, -0.1) is 0 Å². The van der Waals surface area contributed by atoms with E-state index in [2.05, 4.69) is 15.3 Å². The van der Waals surface area contributed by atoms with Crippen LogP contribution in [0.4, 0.5) is 24.8 Å². The standard InChI is InChI=1S/C17H16ClF3N4O/c1-10-8-14(24-16(22-10)25-6-2-3-7-25)15(26)23-13-9-11(17(19,20)21)4-5-12(13)18/h4-5,8-9H,2-3,6-7H2,1H3,(H,23,26). The Morgan fingerprint density at radius 3 is 2.54 bits per heavy atom. The van der Waals surface area contributed by atoms with E-state index in [0.717, 1.165) is 44.1 Å². The predicted octanol–water partition coefficient (Wildman–Crippen LogP) is 4.31. The number of alkyl halides is 3. The molecule has 26 heavy (non-hydrogen) atoms. The quantitative estimate of drug-likeness (QED) is 0.856. The number of rotatable bonds is 3. The van der Waals surface area contributed by atoms with Crippen LogP contribution in [0.1, 0.15) is 34.6 Å². The van der Waals surface area contributed by atoms with E-state index in [1.807, 2.05) is 4.90 Å². The number of nitrogens with zero attached hydrogens (tertiary/aromatic N) is 3. The third kappa shape index (κ3) is 4.07. The minimum atomic E-state index is -4.53. The van der Waals surface area contributed by atoms with Crippen LogP contribution in [0.25, 0.3) is 0 Å². The topological polar surface area (TPSA) is 58.1 Å². The molecule has 1 N–H and O–H groups in total. The molecule has 0 saturated carbocycles. The van der Waals surface area contributed by atoms with Crippen molar-refractivity contribution in [2.75, 3.05) is 23.3 Å². The average Bonchev–Trinajstić information content (AvgIpc) is 3.09. The number of aryl methyl sites for hydroxylation is 1. The summed E-state index contributed by atoms with van der Waals surface area (Å²) in [6, 6.07) is 4.24.